The van der Waals surface area contributed by atoms with Crippen LogP contribution < -0.4 is 0 Å². The number of aryl methyl sites for hydroxylation is 1. The fraction of sp³-hybridized carbons (Fsp3) is 0.391. The number of aromatic carboxylic acids is 1. The number of pyridine rings is 1. The molecule has 29 heavy (non-hydrogen) atoms. The predicted molar refractivity (Wildman–Crippen MR) is 110 cm³/mol. The minimum absolute atomic E-state index is 0.0585. The van der Waals surface area contributed by atoms with E-state index in [-0.39, 0.29) is 5.56 Å². The van der Waals surface area contributed by atoms with Crippen LogP contribution in [0.25, 0.3) is 10.9 Å². The number of aliphatic hydroxyl groups excluding tert-OH is 1. The lowest BCUT2D eigenvalue weighted by molar-refractivity contribution is 0.0686. The summed E-state index contributed by atoms with van der Waals surface area (Å²) in [6.45, 7) is 4.65. The fourth-order valence-electron chi connectivity index (χ4n) is 5.21. The third-order valence-corrected chi connectivity index (χ3v) is 6.50. The van der Waals surface area contributed by atoms with E-state index in [2.05, 4.69) is 39.6 Å². The number of benzene rings is 1. The maximum Gasteiger partial charge on any atom is 0.337 e. The van der Waals surface area contributed by atoms with Gasteiger partial charge in [-0.2, -0.15) is 0 Å². The van der Waals surface area contributed by atoms with Crippen molar-refractivity contribution >= 4 is 16.9 Å². The molecule has 2 aliphatic heterocycles. The monoisotopic (exact) mass is 391 g/mol. The Morgan fingerprint density at radius 1 is 1.31 bits per heavy atom. The lowest BCUT2D eigenvalue weighted by Crippen LogP contribution is -2.31. The van der Waals surface area contributed by atoms with E-state index >= 15 is 0 Å². The number of nitrogens with zero attached hydrogens (tertiary/aromatic N) is 3. The van der Waals surface area contributed by atoms with Crippen LogP contribution >= 0.6 is 0 Å². The molecule has 4 heterocycles. The predicted octanol–water partition coefficient (Wildman–Crippen LogP) is 3.47. The van der Waals surface area contributed by atoms with Gasteiger partial charge in [-0.3, -0.25) is 9.88 Å². The van der Waals surface area contributed by atoms with Gasteiger partial charge in [0, 0.05) is 48.0 Å². The minimum atomic E-state index is -1.07. The van der Waals surface area contributed by atoms with Gasteiger partial charge in [-0.05, 0) is 55.6 Å². The smallest absolute Gasteiger partial charge is 0.337 e. The molecule has 6 nitrogen and oxygen atoms in total. The molecule has 0 amide bonds. The molecule has 0 spiro atoms. The second-order valence-electron chi connectivity index (χ2n) is 8.22. The Hall–Kier alpha value is -2.70. The van der Waals surface area contributed by atoms with Gasteiger partial charge in [-0.25, -0.2) is 4.79 Å². The van der Waals surface area contributed by atoms with Crippen LogP contribution in [0.3, 0.4) is 0 Å². The summed E-state index contributed by atoms with van der Waals surface area (Å²) in [6.07, 6.45) is 5.29. The highest BCUT2D eigenvalue weighted by atomic mass is 16.4. The largest absolute Gasteiger partial charge is 0.478 e. The van der Waals surface area contributed by atoms with Crippen LogP contribution in [0.4, 0.5) is 0 Å². The highest BCUT2D eigenvalue weighted by Crippen LogP contribution is 2.43. The molecule has 2 aromatic heterocycles. The van der Waals surface area contributed by atoms with Crippen molar-refractivity contribution in [3.8, 4) is 0 Å². The van der Waals surface area contributed by atoms with E-state index in [9.17, 15) is 15.0 Å². The van der Waals surface area contributed by atoms with E-state index in [1.54, 1.807) is 6.07 Å². The topological polar surface area (TPSA) is 78.6 Å². The third-order valence-electron chi connectivity index (χ3n) is 6.50. The number of fused-ring (bicyclic) bond motifs is 5. The molecule has 2 unspecified atom stereocenters. The lowest BCUT2D eigenvalue weighted by atomic mass is 9.95. The number of hydrogen-bond acceptors (Lipinski definition) is 4. The maximum absolute atomic E-state index is 11.6. The quantitative estimate of drug-likeness (QED) is 0.712. The summed E-state index contributed by atoms with van der Waals surface area (Å²) in [5.41, 5.74) is 5.53. The van der Waals surface area contributed by atoms with Crippen LogP contribution in [0.15, 0.2) is 36.7 Å². The molecule has 0 saturated carbocycles. The Bertz CT molecular complexity index is 1100. The highest BCUT2D eigenvalue weighted by molar-refractivity contribution is 5.89. The summed E-state index contributed by atoms with van der Waals surface area (Å²) >= 11 is 0. The molecule has 2 N–H and O–H groups in total. The number of aromatic nitrogens is 2. The van der Waals surface area contributed by atoms with Crippen molar-refractivity contribution in [2.45, 2.75) is 44.9 Å². The zero-order valence-electron chi connectivity index (χ0n) is 16.5. The third kappa shape index (κ3) is 2.94. The summed E-state index contributed by atoms with van der Waals surface area (Å²) < 4.78 is 2.22. The summed E-state index contributed by atoms with van der Waals surface area (Å²) in [5, 5.41) is 21.8. The Labute approximate surface area is 169 Å². The first-order chi connectivity index (χ1) is 14.0. The van der Waals surface area contributed by atoms with E-state index in [4.69, 9.17) is 0 Å². The molecule has 1 aromatic carbocycles. The number of hydrogen-bond donors (Lipinski definition) is 2. The molecule has 0 bridgehead atoms. The Morgan fingerprint density at radius 3 is 3.00 bits per heavy atom. The zero-order chi connectivity index (χ0) is 20.1. The summed E-state index contributed by atoms with van der Waals surface area (Å²) in [7, 11) is 0. The molecule has 1 saturated heterocycles. The molecular formula is C23H25N3O3. The van der Waals surface area contributed by atoms with Crippen molar-refractivity contribution in [1.82, 2.24) is 14.5 Å². The molecule has 0 radical (unpaired) electrons. The van der Waals surface area contributed by atoms with E-state index < -0.39 is 12.1 Å². The average molecular weight is 391 g/mol. The second kappa shape index (κ2) is 6.97. The van der Waals surface area contributed by atoms with Crippen LogP contribution in [0.2, 0.25) is 0 Å². The van der Waals surface area contributed by atoms with Gasteiger partial charge in [0.1, 0.15) is 0 Å². The van der Waals surface area contributed by atoms with Crippen LogP contribution in [-0.4, -0.2) is 43.7 Å². The fourth-order valence-corrected chi connectivity index (χ4v) is 5.21. The molecule has 5 rings (SSSR count). The lowest BCUT2D eigenvalue weighted by Gasteiger charge is -2.31. The van der Waals surface area contributed by atoms with Gasteiger partial charge >= 0.3 is 5.97 Å². The van der Waals surface area contributed by atoms with E-state index in [0.717, 1.165) is 25.0 Å². The van der Waals surface area contributed by atoms with Crippen LogP contribution in [-0.2, 0) is 13.0 Å². The van der Waals surface area contributed by atoms with Crippen molar-refractivity contribution in [2.75, 3.05) is 13.1 Å². The molecule has 2 atom stereocenters. The Morgan fingerprint density at radius 2 is 2.17 bits per heavy atom. The van der Waals surface area contributed by atoms with Crippen LogP contribution in [0.5, 0.6) is 0 Å². The van der Waals surface area contributed by atoms with Crippen molar-refractivity contribution < 1.29 is 15.0 Å². The van der Waals surface area contributed by atoms with E-state index in [0.29, 0.717) is 18.2 Å². The number of aliphatic hydroxyl groups is 1. The first-order valence-corrected chi connectivity index (χ1v) is 10.3. The Kier molecular flexibility index (Phi) is 4.41. The standard InChI is InChI=1S/C23H25N3O3/c1-14-4-5-18-16(11-14)22-19-3-2-9-25(19)10-7-20(22)26(18)13-21(27)15-6-8-24-12-17(15)23(28)29/h4-6,8,11-12,19,21,27H,2-3,7,9-10,13H2,1H3,(H,28,29). The van der Waals surface area contributed by atoms with Crippen LogP contribution in [0, 0.1) is 6.92 Å². The Balaban J connectivity index is 1.62. The van der Waals surface area contributed by atoms with Gasteiger partial charge in [0.2, 0.25) is 0 Å². The number of carboxylic acids is 1. The minimum Gasteiger partial charge on any atom is -0.478 e. The van der Waals surface area contributed by atoms with Crippen molar-refractivity contribution in [2.24, 2.45) is 0 Å². The van der Waals surface area contributed by atoms with Gasteiger partial charge in [0.15, 0.2) is 0 Å². The number of carboxylic acid groups (broad SMARTS) is 1. The first-order valence-electron chi connectivity index (χ1n) is 10.3. The number of rotatable bonds is 4. The molecular weight excluding hydrogens is 366 g/mol. The molecule has 1 fully saturated rings. The van der Waals surface area contributed by atoms with Gasteiger partial charge in [-0.15, -0.1) is 0 Å². The zero-order valence-corrected chi connectivity index (χ0v) is 16.5. The first kappa shape index (κ1) is 18.3. The molecule has 3 aromatic rings. The van der Waals surface area contributed by atoms with Gasteiger partial charge < -0.3 is 14.8 Å². The molecule has 2 aliphatic rings. The second-order valence-corrected chi connectivity index (χ2v) is 8.22. The molecule has 150 valence electrons. The highest BCUT2D eigenvalue weighted by Gasteiger charge is 2.35. The van der Waals surface area contributed by atoms with Gasteiger partial charge in [0.25, 0.3) is 0 Å². The molecule has 0 aliphatic carbocycles. The van der Waals surface area contributed by atoms with Gasteiger partial charge in [0.05, 0.1) is 18.2 Å². The van der Waals surface area contributed by atoms with Gasteiger partial charge in [-0.1, -0.05) is 11.6 Å². The van der Waals surface area contributed by atoms with E-state index in [1.807, 2.05) is 0 Å². The summed E-state index contributed by atoms with van der Waals surface area (Å²) in [4.78, 5) is 18.1. The van der Waals surface area contributed by atoms with E-state index in [1.165, 1.54) is 47.4 Å². The summed E-state index contributed by atoms with van der Waals surface area (Å²) in [6, 6.07) is 8.57. The average Bonchev–Trinajstić information content (AvgIpc) is 3.30. The summed E-state index contributed by atoms with van der Waals surface area (Å²) in [5.74, 6) is -1.07. The SMILES string of the molecule is Cc1ccc2c(c1)c1c(n2CC(O)c2ccncc2C(=O)O)CCN2CCCC12. The van der Waals surface area contributed by atoms with Crippen molar-refractivity contribution in [3.05, 3.63) is 64.6 Å². The maximum atomic E-state index is 11.6. The molecule has 6 heteroatoms. The van der Waals surface area contributed by atoms with Crippen LogP contribution in [0.1, 0.15) is 57.7 Å². The normalized spacial score (nSPS) is 19.9. The van der Waals surface area contributed by atoms with Crippen molar-refractivity contribution in [3.63, 3.8) is 0 Å². The number of carbonyl (C=O) groups is 1. The van der Waals surface area contributed by atoms with Crippen molar-refractivity contribution in [1.29, 1.82) is 0 Å².